The molecular formula is C19H21NO4. The van der Waals surface area contributed by atoms with Gasteiger partial charge in [0.2, 0.25) is 6.79 Å². The number of carbonyl (C=O) groups is 1. The molecule has 0 fully saturated rings. The maximum absolute atomic E-state index is 12.4. The Labute approximate surface area is 141 Å². The fourth-order valence-electron chi connectivity index (χ4n) is 2.53. The van der Waals surface area contributed by atoms with E-state index in [0.717, 1.165) is 11.3 Å². The number of ether oxygens (including phenoxy) is 3. The van der Waals surface area contributed by atoms with E-state index in [9.17, 15) is 4.79 Å². The molecule has 0 aromatic heterocycles. The topological polar surface area (TPSA) is 56.8 Å². The molecule has 0 spiro atoms. The summed E-state index contributed by atoms with van der Waals surface area (Å²) in [5.74, 6) is 2.16. The summed E-state index contributed by atoms with van der Waals surface area (Å²) in [7, 11) is 0. The number of anilines is 1. The van der Waals surface area contributed by atoms with Crippen LogP contribution in [0.4, 0.5) is 5.69 Å². The van der Waals surface area contributed by atoms with Crippen LogP contribution < -0.4 is 19.5 Å². The van der Waals surface area contributed by atoms with Gasteiger partial charge in [-0.1, -0.05) is 32.0 Å². The van der Waals surface area contributed by atoms with Gasteiger partial charge in [0.05, 0.1) is 0 Å². The van der Waals surface area contributed by atoms with Crippen molar-refractivity contribution in [1.82, 2.24) is 0 Å². The SMILES string of the molecule is CC(C)c1ccccc1O[C@H](C)C(=O)Nc1ccc2c(c1)OCO2. The average Bonchev–Trinajstić information content (AvgIpc) is 3.02. The minimum absolute atomic E-state index is 0.207. The third-order valence-electron chi connectivity index (χ3n) is 3.85. The van der Waals surface area contributed by atoms with Gasteiger partial charge in [-0.05, 0) is 36.6 Å². The summed E-state index contributed by atoms with van der Waals surface area (Å²) in [6.07, 6.45) is -0.615. The molecule has 0 unspecified atom stereocenters. The predicted octanol–water partition coefficient (Wildman–Crippen LogP) is 3.94. The highest BCUT2D eigenvalue weighted by molar-refractivity contribution is 5.94. The standard InChI is InChI=1S/C19H21NO4/c1-12(2)15-6-4-5-7-16(15)24-13(3)19(21)20-14-8-9-17-18(10-14)23-11-22-17/h4-10,12-13H,11H2,1-3H3,(H,20,21)/t13-/m1/s1. The lowest BCUT2D eigenvalue weighted by atomic mass is 10.0. The fourth-order valence-corrected chi connectivity index (χ4v) is 2.53. The van der Waals surface area contributed by atoms with Crippen molar-refractivity contribution in [3.8, 4) is 17.2 Å². The molecule has 0 radical (unpaired) electrons. The van der Waals surface area contributed by atoms with Crippen molar-refractivity contribution in [2.75, 3.05) is 12.1 Å². The fraction of sp³-hybridized carbons (Fsp3) is 0.316. The van der Waals surface area contributed by atoms with E-state index < -0.39 is 6.10 Å². The van der Waals surface area contributed by atoms with E-state index >= 15 is 0 Å². The Kier molecular flexibility index (Phi) is 4.60. The van der Waals surface area contributed by atoms with Gasteiger partial charge >= 0.3 is 0 Å². The van der Waals surface area contributed by atoms with E-state index in [1.54, 1.807) is 25.1 Å². The van der Waals surface area contributed by atoms with Gasteiger partial charge < -0.3 is 19.5 Å². The summed E-state index contributed by atoms with van der Waals surface area (Å²) >= 11 is 0. The average molecular weight is 327 g/mol. The van der Waals surface area contributed by atoms with Crippen LogP contribution in [0.5, 0.6) is 17.2 Å². The molecule has 0 aliphatic carbocycles. The number of hydrogen-bond acceptors (Lipinski definition) is 4. The Hall–Kier alpha value is -2.69. The van der Waals surface area contributed by atoms with Crippen LogP contribution in [-0.2, 0) is 4.79 Å². The maximum atomic E-state index is 12.4. The summed E-state index contributed by atoms with van der Waals surface area (Å²) in [6.45, 7) is 6.14. The minimum atomic E-state index is -0.615. The molecule has 5 nitrogen and oxygen atoms in total. The molecular weight excluding hydrogens is 306 g/mol. The molecule has 1 aliphatic rings. The van der Waals surface area contributed by atoms with Crippen LogP contribution in [0.1, 0.15) is 32.3 Å². The molecule has 3 rings (SSSR count). The lowest BCUT2D eigenvalue weighted by Gasteiger charge is -2.18. The highest BCUT2D eigenvalue weighted by Gasteiger charge is 2.19. The first-order chi connectivity index (χ1) is 11.5. The Morgan fingerprint density at radius 2 is 1.83 bits per heavy atom. The number of para-hydroxylation sites is 1. The summed E-state index contributed by atoms with van der Waals surface area (Å²) in [5, 5.41) is 2.84. The van der Waals surface area contributed by atoms with E-state index in [4.69, 9.17) is 14.2 Å². The number of amides is 1. The Morgan fingerprint density at radius 1 is 1.08 bits per heavy atom. The molecule has 0 bridgehead atoms. The molecule has 1 amide bonds. The zero-order valence-electron chi connectivity index (χ0n) is 14.0. The van der Waals surface area contributed by atoms with Crippen LogP contribution in [0.25, 0.3) is 0 Å². The number of hydrogen-bond donors (Lipinski definition) is 1. The van der Waals surface area contributed by atoms with Crippen molar-refractivity contribution < 1.29 is 19.0 Å². The molecule has 1 aliphatic heterocycles. The first kappa shape index (κ1) is 16.2. The quantitative estimate of drug-likeness (QED) is 0.903. The monoisotopic (exact) mass is 327 g/mol. The van der Waals surface area contributed by atoms with Gasteiger partial charge in [-0.25, -0.2) is 0 Å². The van der Waals surface area contributed by atoms with E-state index in [1.807, 2.05) is 24.3 Å². The highest BCUT2D eigenvalue weighted by atomic mass is 16.7. The Morgan fingerprint density at radius 3 is 2.62 bits per heavy atom. The summed E-state index contributed by atoms with van der Waals surface area (Å²) in [6, 6.07) is 13.1. The number of nitrogens with one attached hydrogen (secondary N) is 1. The number of fused-ring (bicyclic) bond motifs is 1. The van der Waals surface area contributed by atoms with Gasteiger partial charge in [0.1, 0.15) is 5.75 Å². The second-order valence-electron chi connectivity index (χ2n) is 6.01. The van der Waals surface area contributed by atoms with Crippen molar-refractivity contribution in [3.63, 3.8) is 0 Å². The van der Waals surface area contributed by atoms with Gasteiger partial charge in [-0.2, -0.15) is 0 Å². The van der Waals surface area contributed by atoms with Crippen molar-refractivity contribution in [2.45, 2.75) is 32.8 Å². The smallest absolute Gasteiger partial charge is 0.265 e. The molecule has 24 heavy (non-hydrogen) atoms. The van der Waals surface area contributed by atoms with E-state index in [-0.39, 0.29) is 12.7 Å². The van der Waals surface area contributed by atoms with Crippen LogP contribution in [0.2, 0.25) is 0 Å². The van der Waals surface area contributed by atoms with Crippen LogP contribution >= 0.6 is 0 Å². The first-order valence-corrected chi connectivity index (χ1v) is 8.00. The molecule has 126 valence electrons. The summed E-state index contributed by atoms with van der Waals surface area (Å²) in [4.78, 5) is 12.4. The molecule has 0 saturated carbocycles. The first-order valence-electron chi connectivity index (χ1n) is 8.00. The largest absolute Gasteiger partial charge is 0.481 e. The van der Waals surface area contributed by atoms with E-state index in [0.29, 0.717) is 23.1 Å². The second-order valence-corrected chi connectivity index (χ2v) is 6.01. The lowest BCUT2D eigenvalue weighted by Crippen LogP contribution is -2.30. The third kappa shape index (κ3) is 3.45. The summed E-state index contributed by atoms with van der Waals surface area (Å²) < 4.78 is 16.4. The number of carbonyl (C=O) groups excluding carboxylic acids is 1. The number of rotatable bonds is 5. The van der Waals surface area contributed by atoms with Crippen molar-refractivity contribution in [1.29, 1.82) is 0 Å². The van der Waals surface area contributed by atoms with Gasteiger partial charge in [0.25, 0.3) is 5.91 Å². The van der Waals surface area contributed by atoms with Gasteiger partial charge in [-0.3, -0.25) is 4.79 Å². The third-order valence-corrected chi connectivity index (χ3v) is 3.85. The normalized spacial score (nSPS) is 13.7. The van der Waals surface area contributed by atoms with Gasteiger partial charge in [0, 0.05) is 11.8 Å². The van der Waals surface area contributed by atoms with Crippen LogP contribution in [0.15, 0.2) is 42.5 Å². The molecule has 5 heteroatoms. The molecule has 0 saturated heterocycles. The predicted molar refractivity (Wildman–Crippen MR) is 91.8 cm³/mol. The lowest BCUT2D eigenvalue weighted by molar-refractivity contribution is -0.122. The molecule has 2 aromatic carbocycles. The minimum Gasteiger partial charge on any atom is -0.481 e. The molecule has 1 atom stereocenters. The summed E-state index contributed by atoms with van der Waals surface area (Å²) in [5.41, 5.74) is 1.73. The van der Waals surface area contributed by atoms with Crippen LogP contribution in [-0.4, -0.2) is 18.8 Å². The van der Waals surface area contributed by atoms with Crippen molar-refractivity contribution in [3.05, 3.63) is 48.0 Å². The molecule has 2 aromatic rings. The maximum Gasteiger partial charge on any atom is 0.265 e. The molecule has 1 N–H and O–H groups in total. The van der Waals surface area contributed by atoms with E-state index in [2.05, 4.69) is 19.2 Å². The van der Waals surface area contributed by atoms with Crippen molar-refractivity contribution >= 4 is 11.6 Å². The van der Waals surface area contributed by atoms with Gasteiger partial charge in [-0.15, -0.1) is 0 Å². The van der Waals surface area contributed by atoms with Crippen molar-refractivity contribution in [2.24, 2.45) is 0 Å². The van der Waals surface area contributed by atoms with E-state index in [1.165, 1.54) is 0 Å². The van der Waals surface area contributed by atoms with Gasteiger partial charge in [0.15, 0.2) is 17.6 Å². The zero-order valence-corrected chi connectivity index (χ0v) is 14.0. The second kappa shape index (κ2) is 6.83. The highest BCUT2D eigenvalue weighted by Crippen LogP contribution is 2.34. The molecule has 1 heterocycles. The van der Waals surface area contributed by atoms with Crippen LogP contribution in [0.3, 0.4) is 0 Å². The Bertz CT molecular complexity index is 742. The number of benzene rings is 2. The van der Waals surface area contributed by atoms with Crippen LogP contribution in [0, 0.1) is 0 Å². The zero-order chi connectivity index (χ0) is 17.1. The Balaban J connectivity index is 1.67.